The highest BCUT2D eigenvalue weighted by atomic mass is 35.7. The van der Waals surface area contributed by atoms with Crippen LogP contribution >= 0.6 is 10.7 Å². The van der Waals surface area contributed by atoms with Crippen LogP contribution in [0.15, 0.2) is 12.1 Å². The number of halogens is 3. The van der Waals surface area contributed by atoms with Crippen LogP contribution in [0.4, 0.5) is 14.5 Å². The van der Waals surface area contributed by atoms with Gasteiger partial charge in [-0.25, -0.2) is 12.8 Å². The summed E-state index contributed by atoms with van der Waals surface area (Å²) in [4.78, 5) is 9.23. The van der Waals surface area contributed by atoms with Crippen LogP contribution in [-0.2, 0) is 14.8 Å². The zero-order valence-electron chi connectivity index (χ0n) is 7.48. The molecule has 0 atom stereocenters. The van der Waals surface area contributed by atoms with Crippen LogP contribution in [0.2, 0.25) is 0 Å². The Balaban J connectivity index is 3.31. The minimum absolute atomic E-state index is 0.246. The third-order valence-electron chi connectivity index (χ3n) is 1.64. The van der Waals surface area contributed by atoms with Crippen molar-refractivity contribution >= 4 is 25.4 Å². The summed E-state index contributed by atoms with van der Waals surface area (Å²) in [5.41, 5.74) is -1.56. The zero-order valence-corrected chi connectivity index (χ0v) is 9.06. The molecule has 1 aromatic carbocycles. The Bertz CT molecular complexity index is 546. The van der Waals surface area contributed by atoms with E-state index in [1.165, 1.54) is 0 Å². The van der Waals surface area contributed by atoms with Gasteiger partial charge in [0, 0.05) is 28.4 Å². The lowest BCUT2D eigenvalue weighted by atomic mass is 10.2. The number of rotatable bonds is 3. The molecule has 88 valence electrons. The topological polar surface area (TPSA) is 77.3 Å². The maximum Gasteiger partial charge on any atom is 0.305 e. The van der Waals surface area contributed by atoms with Crippen molar-refractivity contribution in [1.82, 2.24) is 0 Å². The van der Waals surface area contributed by atoms with Gasteiger partial charge in [0.25, 0.3) is 0 Å². The van der Waals surface area contributed by atoms with Crippen molar-refractivity contribution in [2.75, 3.05) is 0 Å². The normalized spacial score (nSPS) is 11.4. The van der Waals surface area contributed by atoms with E-state index in [-0.39, 0.29) is 6.07 Å². The molecular weight excluding hydrogens is 268 g/mol. The molecule has 5 nitrogen and oxygen atoms in total. The highest BCUT2D eigenvalue weighted by Crippen LogP contribution is 2.23. The molecule has 0 saturated heterocycles. The van der Waals surface area contributed by atoms with Crippen molar-refractivity contribution in [3.05, 3.63) is 39.4 Å². The monoisotopic (exact) mass is 271 g/mol. The second kappa shape index (κ2) is 4.30. The van der Waals surface area contributed by atoms with E-state index in [0.29, 0.717) is 6.07 Å². The molecule has 0 radical (unpaired) electrons. The highest BCUT2D eigenvalue weighted by molar-refractivity contribution is 8.13. The first-order valence-corrected chi connectivity index (χ1v) is 6.23. The van der Waals surface area contributed by atoms with Crippen LogP contribution in [0.3, 0.4) is 0 Å². The summed E-state index contributed by atoms with van der Waals surface area (Å²) >= 11 is 0. The molecule has 0 aliphatic rings. The standard InChI is InChI=1S/C7H4ClF2NO4S/c8-16(14,15)3-4-1-7(11(12)13)6(10)2-5(4)9/h1-2H,3H2. The Hall–Kier alpha value is -1.28. The second-order valence-electron chi connectivity index (χ2n) is 2.84. The molecule has 0 aliphatic heterocycles. The van der Waals surface area contributed by atoms with Crippen LogP contribution in [-0.4, -0.2) is 13.3 Å². The number of nitro benzene ring substituents is 1. The van der Waals surface area contributed by atoms with Gasteiger partial charge >= 0.3 is 5.69 Å². The molecule has 1 aromatic rings. The van der Waals surface area contributed by atoms with Gasteiger partial charge in [-0.3, -0.25) is 10.1 Å². The third kappa shape index (κ3) is 3.11. The summed E-state index contributed by atoms with van der Waals surface area (Å²) in [7, 11) is 0.786. The first-order valence-electron chi connectivity index (χ1n) is 3.75. The molecule has 16 heavy (non-hydrogen) atoms. The van der Waals surface area contributed by atoms with Gasteiger partial charge in [0.2, 0.25) is 14.9 Å². The predicted molar refractivity (Wildman–Crippen MR) is 51.5 cm³/mol. The summed E-state index contributed by atoms with van der Waals surface area (Å²) in [5.74, 6) is -3.52. The van der Waals surface area contributed by atoms with E-state index in [4.69, 9.17) is 10.7 Å². The molecule has 0 fully saturated rings. The fourth-order valence-corrected chi connectivity index (χ4v) is 1.96. The van der Waals surface area contributed by atoms with Crippen LogP contribution in [0.1, 0.15) is 5.56 Å². The Labute approximate surface area is 93.2 Å². The van der Waals surface area contributed by atoms with E-state index in [9.17, 15) is 27.3 Å². The second-order valence-corrected chi connectivity index (χ2v) is 5.61. The van der Waals surface area contributed by atoms with Crippen molar-refractivity contribution in [1.29, 1.82) is 0 Å². The van der Waals surface area contributed by atoms with Gasteiger partial charge in [0.1, 0.15) is 5.82 Å². The number of nitrogens with zero attached hydrogens (tertiary/aromatic N) is 1. The fraction of sp³-hybridized carbons (Fsp3) is 0.143. The smallest absolute Gasteiger partial charge is 0.258 e. The van der Waals surface area contributed by atoms with Crippen molar-refractivity contribution in [2.24, 2.45) is 0 Å². The summed E-state index contributed by atoms with van der Waals surface area (Å²) in [6, 6.07) is 0.750. The van der Waals surface area contributed by atoms with E-state index >= 15 is 0 Å². The average molecular weight is 272 g/mol. The molecule has 0 saturated carbocycles. The number of hydrogen-bond donors (Lipinski definition) is 0. The van der Waals surface area contributed by atoms with Crippen molar-refractivity contribution in [3.8, 4) is 0 Å². The number of hydrogen-bond acceptors (Lipinski definition) is 4. The summed E-state index contributed by atoms with van der Waals surface area (Å²) < 4.78 is 47.2. The SMILES string of the molecule is O=[N+]([O-])c1cc(CS(=O)(=O)Cl)c(F)cc1F. The Morgan fingerprint density at radius 3 is 2.31 bits per heavy atom. The lowest BCUT2D eigenvalue weighted by molar-refractivity contribution is -0.387. The summed E-state index contributed by atoms with van der Waals surface area (Å²) in [6.07, 6.45) is 0. The largest absolute Gasteiger partial charge is 0.305 e. The minimum Gasteiger partial charge on any atom is -0.258 e. The van der Waals surface area contributed by atoms with Gasteiger partial charge in [-0.1, -0.05) is 0 Å². The lowest BCUT2D eigenvalue weighted by Gasteiger charge is -2.01. The summed E-state index contributed by atoms with van der Waals surface area (Å²) in [6.45, 7) is 0. The van der Waals surface area contributed by atoms with Crippen LogP contribution < -0.4 is 0 Å². The van der Waals surface area contributed by atoms with Crippen molar-refractivity contribution < 1.29 is 22.1 Å². The van der Waals surface area contributed by atoms with Crippen LogP contribution in [0, 0.1) is 21.7 Å². The molecule has 0 spiro atoms. The van der Waals surface area contributed by atoms with Crippen molar-refractivity contribution in [3.63, 3.8) is 0 Å². The molecule has 0 N–H and O–H groups in total. The van der Waals surface area contributed by atoms with Gasteiger partial charge < -0.3 is 0 Å². The van der Waals surface area contributed by atoms with E-state index in [1.54, 1.807) is 0 Å². The van der Waals surface area contributed by atoms with E-state index < -0.39 is 42.6 Å². The highest BCUT2D eigenvalue weighted by Gasteiger charge is 2.21. The molecule has 1 rings (SSSR count). The minimum atomic E-state index is -4.07. The third-order valence-corrected chi connectivity index (χ3v) is 2.62. The first kappa shape index (κ1) is 12.8. The quantitative estimate of drug-likeness (QED) is 0.478. The lowest BCUT2D eigenvalue weighted by Crippen LogP contribution is -2.02. The number of benzene rings is 1. The van der Waals surface area contributed by atoms with Gasteiger partial charge in [-0.05, 0) is 0 Å². The number of nitro groups is 1. The van der Waals surface area contributed by atoms with E-state index in [1.807, 2.05) is 0 Å². The van der Waals surface area contributed by atoms with Crippen molar-refractivity contribution in [2.45, 2.75) is 5.75 Å². The van der Waals surface area contributed by atoms with E-state index in [2.05, 4.69) is 0 Å². The Kier molecular flexibility index (Phi) is 3.44. The molecule has 0 aromatic heterocycles. The Morgan fingerprint density at radius 1 is 1.31 bits per heavy atom. The van der Waals surface area contributed by atoms with Gasteiger partial charge in [0.15, 0.2) is 0 Å². The van der Waals surface area contributed by atoms with Gasteiger partial charge in [0.05, 0.1) is 10.7 Å². The molecular formula is C7H4ClF2NO4S. The molecule has 9 heteroatoms. The van der Waals surface area contributed by atoms with Crippen LogP contribution in [0.5, 0.6) is 0 Å². The predicted octanol–water partition coefficient (Wildman–Crippen LogP) is 1.94. The van der Waals surface area contributed by atoms with Crippen LogP contribution in [0.25, 0.3) is 0 Å². The molecule has 0 heterocycles. The average Bonchev–Trinajstić information content (AvgIpc) is 2.07. The Morgan fingerprint density at radius 2 is 1.88 bits per heavy atom. The van der Waals surface area contributed by atoms with Gasteiger partial charge in [-0.15, -0.1) is 0 Å². The summed E-state index contributed by atoms with van der Waals surface area (Å²) in [5, 5.41) is 10.3. The first-order chi connectivity index (χ1) is 7.20. The van der Waals surface area contributed by atoms with E-state index in [0.717, 1.165) is 0 Å². The van der Waals surface area contributed by atoms with Gasteiger partial charge in [-0.2, -0.15) is 4.39 Å². The molecule has 0 aliphatic carbocycles. The fourth-order valence-electron chi connectivity index (χ4n) is 1.02. The maximum atomic E-state index is 13.0. The maximum absolute atomic E-state index is 13.0. The molecule has 0 bridgehead atoms. The zero-order chi connectivity index (χ0) is 12.5. The molecule has 0 amide bonds. The molecule has 0 unspecified atom stereocenters.